The molecule has 0 aliphatic carbocycles. The molecule has 0 fully saturated rings. The molecule has 2 rings (SSSR count). The number of benzene rings is 1. The maximum absolute atomic E-state index is 12.4. The van der Waals surface area contributed by atoms with E-state index < -0.39 is 10.0 Å². The van der Waals surface area contributed by atoms with Gasteiger partial charge in [0.2, 0.25) is 10.0 Å². The lowest BCUT2D eigenvalue weighted by Crippen LogP contribution is -2.46. The molecule has 5 nitrogen and oxygen atoms in total. The summed E-state index contributed by atoms with van der Waals surface area (Å²) in [6.07, 6.45) is 0.644. The summed E-state index contributed by atoms with van der Waals surface area (Å²) in [5.41, 5.74) is 1.83. The van der Waals surface area contributed by atoms with Gasteiger partial charge in [0.05, 0.1) is 23.7 Å². The first-order chi connectivity index (χ1) is 9.95. The van der Waals surface area contributed by atoms with Crippen LogP contribution in [0.25, 0.3) is 0 Å². The van der Waals surface area contributed by atoms with Crippen LogP contribution in [0.5, 0.6) is 0 Å². The minimum absolute atomic E-state index is 0.207. The van der Waals surface area contributed by atoms with E-state index in [9.17, 15) is 8.42 Å². The summed E-state index contributed by atoms with van der Waals surface area (Å²) in [5.74, 6) is 0.207. The molecule has 118 valence electrons. The number of sulfonamides is 1. The summed E-state index contributed by atoms with van der Waals surface area (Å²) in [4.78, 5) is 4.41. The molecule has 1 heterocycles. The van der Waals surface area contributed by atoms with Crippen molar-refractivity contribution in [2.24, 2.45) is 0 Å². The van der Waals surface area contributed by atoms with E-state index in [0.717, 1.165) is 31.0 Å². The molecule has 1 aliphatic rings. The van der Waals surface area contributed by atoms with Crippen LogP contribution < -0.4 is 9.21 Å². The third kappa shape index (κ3) is 3.68. The SMILES string of the molecule is CCCS(=O)(=O)N1CCN(CCN(C)C)c2ccccc21. The second-order valence-corrected chi connectivity index (χ2v) is 7.68. The van der Waals surface area contributed by atoms with Crippen molar-refractivity contribution in [2.45, 2.75) is 13.3 Å². The molecule has 0 unspecified atom stereocenters. The van der Waals surface area contributed by atoms with Gasteiger partial charge in [0.25, 0.3) is 0 Å². The molecule has 6 heteroatoms. The van der Waals surface area contributed by atoms with Crippen LogP contribution in [0.4, 0.5) is 11.4 Å². The molecule has 0 bridgehead atoms. The Morgan fingerprint density at radius 1 is 1.14 bits per heavy atom. The van der Waals surface area contributed by atoms with Crippen molar-refractivity contribution in [3.05, 3.63) is 24.3 Å². The molecular formula is C15H25N3O2S. The Hall–Kier alpha value is -1.27. The Labute approximate surface area is 128 Å². The van der Waals surface area contributed by atoms with Gasteiger partial charge in [-0.1, -0.05) is 19.1 Å². The molecule has 0 saturated heterocycles. The molecule has 0 N–H and O–H groups in total. The minimum Gasteiger partial charge on any atom is -0.367 e. The fourth-order valence-electron chi connectivity index (χ4n) is 2.60. The smallest absolute Gasteiger partial charge is 0.235 e. The summed E-state index contributed by atoms with van der Waals surface area (Å²) in [7, 11) is 0.894. The number of hydrogen-bond donors (Lipinski definition) is 0. The highest BCUT2D eigenvalue weighted by Crippen LogP contribution is 2.34. The van der Waals surface area contributed by atoms with Gasteiger partial charge in [-0.3, -0.25) is 4.31 Å². The number of nitrogens with zero attached hydrogens (tertiary/aromatic N) is 3. The van der Waals surface area contributed by atoms with Crippen LogP contribution in [0.2, 0.25) is 0 Å². The highest BCUT2D eigenvalue weighted by atomic mass is 32.2. The summed E-state index contributed by atoms with van der Waals surface area (Å²) >= 11 is 0. The Morgan fingerprint density at radius 2 is 1.81 bits per heavy atom. The molecule has 0 amide bonds. The zero-order valence-corrected chi connectivity index (χ0v) is 13.9. The van der Waals surface area contributed by atoms with Gasteiger partial charge < -0.3 is 9.80 Å². The Morgan fingerprint density at radius 3 is 2.43 bits per heavy atom. The second-order valence-electron chi connectivity index (χ2n) is 5.67. The maximum atomic E-state index is 12.4. The Balaban J connectivity index is 2.28. The molecule has 0 spiro atoms. The van der Waals surface area contributed by atoms with Crippen molar-refractivity contribution in [3.63, 3.8) is 0 Å². The van der Waals surface area contributed by atoms with Crippen molar-refractivity contribution in [1.29, 1.82) is 0 Å². The van der Waals surface area contributed by atoms with E-state index >= 15 is 0 Å². The van der Waals surface area contributed by atoms with Gasteiger partial charge in [0, 0.05) is 19.6 Å². The van der Waals surface area contributed by atoms with Crippen LogP contribution in [-0.2, 0) is 10.0 Å². The number of fused-ring (bicyclic) bond motifs is 1. The number of rotatable bonds is 6. The lowest BCUT2D eigenvalue weighted by atomic mass is 10.2. The molecule has 0 saturated carbocycles. The van der Waals surface area contributed by atoms with E-state index in [1.54, 1.807) is 4.31 Å². The van der Waals surface area contributed by atoms with Crippen LogP contribution in [0.15, 0.2) is 24.3 Å². The highest BCUT2D eigenvalue weighted by Gasteiger charge is 2.29. The zero-order chi connectivity index (χ0) is 15.5. The number of para-hydroxylation sites is 2. The standard InChI is InChI=1S/C15H25N3O2S/c1-4-13-21(19,20)18-12-11-17(10-9-16(2)3)14-7-5-6-8-15(14)18/h5-8H,4,9-13H2,1-3H3. The van der Waals surface area contributed by atoms with Crippen molar-refractivity contribution in [2.75, 3.05) is 55.2 Å². The van der Waals surface area contributed by atoms with E-state index in [2.05, 4.69) is 9.80 Å². The van der Waals surface area contributed by atoms with Crippen molar-refractivity contribution < 1.29 is 8.42 Å². The molecular weight excluding hydrogens is 286 g/mol. The molecule has 1 aromatic carbocycles. The summed E-state index contributed by atoms with van der Waals surface area (Å²) in [6, 6.07) is 7.79. The van der Waals surface area contributed by atoms with E-state index in [4.69, 9.17) is 0 Å². The fourth-order valence-corrected chi connectivity index (χ4v) is 4.16. The van der Waals surface area contributed by atoms with E-state index in [1.165, 1.54) is 0 Å². The van der Waals surface area contributed by atoms with Gasteiger partial charge in [-0.25, -0.2) is 8.42 Å². The lowest BCUT2D eigenvalue weighted by molar-refractivity contribution is 0.413. The van der Waals surface area contributed by atoms with Crippen LogP contribution >= 0.6 is 0 Å². The average Bonchev–Trinajstić information content (AvgIpc) is 2.44. The fraction of sp³-hybridized carbons (Fsp3) is 0.600. The lowest BCUT2D eigenvalue weighted by Gasteiger charge is -2.38. The first-order valence-corrected chi connectivity index (χ1v) is 9.05. The van der Waals surface area contributed by atoms with Gasteiger partial charge in [-0.15, -0.1) is 0 Å². The van der Waals surface area contributed by atoms with Crippen LogP contribution in [-0.4, -0.2) is 59.3 Å². The Kier molecular flexibility index (Phi) is 5.11. The predicted molar refractivity (Wildman–Crippen MR) is 88.6 cm³/mol. The van der Waals surface area contributed by atoms with Crippen molar-refractivity contribution in [3.8, 4) is 0 Å². The third-order valence-corrected chi connectivity index (χ3v) is 5.65. The predicted octanol–water partition coefficient (Wildman–Crippen LogP) is 1.61. The quantitative estimate of drug-likeness (QED) is 0.801. The highest BCUT2D eigenvalue weighted by molar-refractivity contribution is 7.92. The van der Waals surface area contributed by atoms with E-state index in [-0.39, 0.29) is 5.75 Å². The number of hydrogen-bond acceptors (Lipinski definition) is 4. The molecule has 0 radical (unpaired) electrons. The Bertz CT molecular complexity index is 572. The summed E-state index contributed by atoms with van der Waals surface area (Å²) < 4.78 is 26.4. The normalized spacial score (nSPS) is 15.4. The molecule has 1 aliphatic heterocycles. The molecule has 0 atom stereocenters. The van der Waals surface area contributed by atoms with Gasteiger partial charge in [0.1, 0.15) is 0 Å². The summed E-state index contributed by atoms with van der Waals surface area (Å²) in [6.45, 7) is 5.04. The maximum Gasteiger partial charge on any atom is 0.235 e. The van der Waals surface area contributed by atoms with Crippen LogP contribution in [0.3, 0.4) is 0 Å². The third-order valence-electron chi connectivity index (χ3n) is 3.68. The van der Waals surface area contributed by atoms with E-state index in [1.807, 2.05) is 45.3 Å². The zero-order valence-electron chi connectivity index (χ0n) is 13.1. The van der Waals surface area contributed by atoms with E-state index in [0.29, 0.717) is 13.0 Å². The summed E-state index contributed by atoms with van der Waals surface area (Å²) in [5, 5.41) is 0. The van der Waals surface area contributed by atoms with Gasteiger partial charge in [-0.2, -0.15) is 0 Å². The first kappa shape index (κ1) is 16.1. The topological polar surface area (TPSA) is 43.9 Å². The largest absolute Gasteiger partial charge is 0.367 e. The first-order valence-electron chi connectivity index (χ1n) is 7.45. The number of anilines is 2. The average molecular weight is 311 g/mol. The monoisotopic (exact) mass is 311 g/mol. The van der Waals surface area contributed by atoms with Gasteiger partial charge >= 0.3 is 0 Å². The van der Waals surface area contributed by atoms with Crippen molar-refractivity contribution in [1.82, 2.24) is 4.90 Å². The number of likely N-dealkylation sites (N-methyl/N-ethyl adjacent to an activating group) is 1. The minimum atomic E-state index is -3.21. The molecule has 0 aromatic heterocycles. The van der Waals surface area contributed by atoms with Gasteiger partial charge in [0.15, 0.2) is 0 Å². The van der Waals surface area contributed by atoms with Crippen LogP contribution in [0.1, 0.15) is 13.3 Å². The molecule has 1 aromatic rings. The molecule has 21 heavy (non-hydrogen) atoms. The van der Waals surface area contributed by atoms with Crippen molar-refractivity contribution >= 4 is 21.4 Å². The van der Waals surface area contributed by atoms with Crippen LogP contribution in [0, 0.1) is 0 Å². The van der Waals surface area contributed by atoms with Gasteiger partial charge in [-0.05, 0) is 32.6 Å². The second kappa shape index (κ2) is 6.66.